The number of benzene rings is 1. The van der Waals surface area contributed by atoms with E-state index in [2.05, 4.69) is 0 Å². The van der Waals surface area contributed by atoms with Gasteiger partial charge in [-0.2, -0.15) is 0 Å². The molecule has 1 aromatic carbocycles. The van der Waals surface area contributed by atoms with Crippen LogP contribution in [0, 0.1) is 6.92 Å². The quantitative estimate of drug-likeness (QED) is 0.598. The molecule has 3 heterocycles. The average molecular weight is 428 g/mol. The van der Waals surface area contributed by atoms with E-state index in [4.69, 9.17) is 9.31 Å². The third kappa shape index (κ3) is 2.95. The first-order valence-electron chi connectivity index (χ1n) is 9.74. The molecule has 3 aromatic rings. The highest BCUT2D eigenvalue weighted by atomic mass is 32.2. The standard InChI is InChI=1S/C21H25BN2O5S/c1-14-9-7-8-10-17(14)30(26,27)24-12-11-15-16(13-23(6)19(25)18(15)24)22-28-20(2,3)21(4,5)29-22/h7-13H,1-6H3. The highest BCUT2D eigenvalue weighted by Gasteiger charge is 2.52. The van der Waals surface area contributed by atoms with Gasteiger partial charge >= 0.3 is 7.12 Å². The van der Waals surface area contributed by atoms with Crippen molar-refractivity contribution >= 4 is 33.5 Å². The van der Waals surface area contributed by atoms with Crippen molar-refractivity contribution in [3.63, 3.8) is 0 Å². The van der Waals surface area contributed by atoms with E-state index >= 15 is 0 Å². The minimum Gasteiger partial charge on any atom is -0.399 e. The number of rotatable bonds is 3. The van der Waals surface area contributed by atoms with Crippen molar-refractivity contribution in [2.24, 2.45) is 7.05 Å². The van der Waals surface area contributed by atoms with E-state index < -0.39 is 33.9 Å². The zero-order valence-corrected chi connectivity index (χ0v) is 18.8. The lowest BCUT2D eigenvalue weighted by Gasteiger charge is -2.32. The van der Waals surface area contributed by atoms with Crippen LogP contribution in [-0.4, -0.2) is 35.3 Å². The van der Waals surface area contributed by atoms with E-state index in [1.54, 1.807) is 50.5 Å². The number of fused-ring (bicyclic) bond motifs is 1. The molecule has 4 rings (SSSR count). The number of nitrogens with zero attached hydrogens (tertiary/aromatic N) is 2. The summed E-state index contributed by atoms with van der Waals surface area (Å²) in [4.78, 5) is 13.1. The molecule has 0 atom stereocenters. The SMILES string of the molecule is Cc1ccccc1S(=O)(=O)n1ccc2c(B3OC(C)(C)C(C)(C)O3)cn(C)c(=O)c21. The minimum atomic E-state index is -3.96. The van der Waals surface area contributed by atoms with Gasteiger partial charge in [-0.1, -0.05) is 18.2 Å². The molecule has 0 aliphatic carbocycles. The predicted molar refractivity (Wildman–Crippen MR) is 117 cm³/mol. The minimum absolute atomic E-state index is 0.0768. The highest BCUT2D eigenvalue weighted by molar-refractivity contribution is 7.90. The van der Waals surface area contributed by atoms with Gasteiger partial charge in [0.25, 0.3) is 15.6 Å². The fourth-order valence-corrected chi connectivity index (χ4v) is 5.25. The van der Waals surface area contributed by atoms with Crippen molar-refractivity contribution < 1.29 is 17.7 Å². The Morgan fingerprint density at radius 1 is 1.00 bits per heavy atom. The maximum Gasteiger partial charge on any atom is 0.497 e. The van der Waals surface area contributed by atoms with Crippen LogP contribution < -0.4 is 11.0 Å². The molecule has 0 radical (unpaired) electrons. The Hall–Kier alpha value is -2.36. The summed E-state index contributed by atoms with van der Waals surface area (Å²) in [5, 5.41) is 0.494. The summed E-state index contributed by atoms with van der Waals surface area (Å²) in [6, 6.07) is 8.34. The van der Waals surface area contributed by atoms with Crippen LogP contribution in [0.3, 0.4) is 0 Å². The van der Waals surface area contributed by atoms with Crippen LogP contribution in [0.1, 0.15) is 33.3 Å². The van der Waals surface area contributed by atoms with E-state index in [-0.39, 0.29) is 10.4 Å². The molecule has 158 valence electrons. The molecular formula is C21H25BN2O5S. The van der Waals surface area contributed by atoms with E-state index in [0.717, 1.165) is 3.97 Å². The molecule has 9 heteroatoms. The fourth-order valence-electron chi connectivity index (χ4n) is 3.67. The number of hydrogen-bond donors (Lipinski definition) is 0. The molecule has 2 aromatic heterocycles. The summed E-state index contributed by atoms with van der Waals surface area (Å²) >= 11 is 0. The first-order valence-corrected chi connectivity index (χ1v) is 11.2. The normalized spacial score (nSPS) is 18.3. The van der Waals surface area contributed by atoms with Gasteiger partial charge in [0.1, 0.15) is 5.52 Å². The first-order chi connectivity index (χ1) is 13.9. The van der Waals surface area contributed by atoms with Gasteiger partial charge in [-0.05, 0) is 52.3 Å². The lowest BCUT2D eigenvalue weighted by molar-refractivity contribution is 0.00578. The van der Waals surface area contributed by atoms with Crippen molar-refractivity contribution in [2.75, 3.05) is 0 Å². The third-order valence-corrected chi connectivity index (χ3v) is 7.99. The second-order valence-electron chi connectivity index (χ2n) is 8.73. The summed E-state index contributed by atoms with van der Waals surface area (Å²) < 4.78 is 41.5. The molecule has 0 bridgehead atoms. The monoisotopic (exact) mass is 428 g/mol. The Kier molecular flexibility index (Phi) is 4.58. The number of pyridine rings is 1. The molecule has 0 unspecified atom stereocenters. The summed E-state index contributed by atoms with van der Waals surface area (Å²) in [7, 11) is -3.09. The molecular weight excluding hydrogens is 403 g/mol. The van der Waals surface area contributed by atoms with Crippen molar-refractivity contribution in [2.45, 2.75) is 50.7 Å². The van der Waals surface area contributed by atoms with Gasteiger partial charge in [0, 0.05) is 30.3 Å². The van der Waals surface area contributed by atoms with Gasteiger partial charge in [0.15, 0.2) is 0 Å². The van der Waals surface area contributed by atoms with E-state index in [0.29, 0.717) is 16.4 Å². The maximum absolute atomic E-state index is 13.4. The zero-order chi connectivity index (χ0) is 22.1. The molecule has 1 aliphatic heterocycles. The van der Waals surface area contributed by atoms with E-state index in [9.17, 15) is 13.2 Å². The lowest BCUT2D eigenvalue weighted by Crippen LogP contribution is -2.41. The third-order valence-electron chi connectivity index (χ3n) is 6.16. The van der Waals surface area contributed by atoms with Gasteiger partial charge in [-0.25, -0.2) is 12.4 Å². The van der Waals surface area contributed by atoms with Gasteiger partial charge in [0.2, 0.25) is 0 Å². The number of aryl methyl sites for hydroxylation is 2. The summed E-state index contributed by atoms with van der Waals surface area (Å²) in [5.74, 6) is 0. The van der Waals surface area contributed by atoms with Crippen LogP contribution in [0.4, 0.5) is 0 Å². The van der Waals surface area contributed by atoms with Gasteiger partial charge < -0.3 is 13.9 Å². The number of hydrogen-bond acceptors (Lipinski definition) is 5. The Balaban J connectivity index is 1.95. The zero-order valence-electron chi connectivity index (χ0n) is 18.0. The van der Waals surface area contributed by atoms with Crippen molar-refractivity contribution in [1.82, 2.24) is 8.54 Å². The molecule has 1 saturated heterocycles. The van der Waals surface area contributed by atoms with Gasteiger partial charge in [0.05, 0.1) is 16.1 Å². The summed E-state index contributed by atoms with van der Waals surface area (Å²) in [5.41, 5.74) is -0.230. The van der Waals surface area contributed by atoms with Crippen molar-refractivity contribution in [1.29, 1.82) is 0 Å². The van der Waals surface area contributed by atoms with E-state index in [1.807, 2.05) is 27.7 Å². The molecule has 0 saturated carbocycles. The predicted octanol–water partition coefficient (Wildman–Crippen LogP) is 2.18. The van der Waals surface area contributed by atoms with Crippen LogP contribution in [-0.2, 0) is 26.4 Å². The number of aromatic nitrogens is 2. The van der Waals surface area contributed by atoms with Crippen LogP contribution >= 0.6 is 0 Å². The largest absolute Gasteiger partial charge is 0.497 e. The first kappa shape index (κ1) is 20.9. The van der Waals surface area contributed by atoms with Crippen LogP contribution in [0.2, 0.25) is 0 Å². The lowest BCUT2D eigenvalue weighted by atomic mass is 9.78. The van der Waals surface area contributed by atoms with Crippen molar-refractivity contribution in [3.05, 3.63) is 58.6 Å². The second kappa shape index (κ2) is 6.57. The highest BCUT2D eigenvalue weighted by Crippen LogP contribution is 2.37. The molecule has 30 heavy (non-hydrogen) atoms. The van der Waals surface area contributed by atoms with Crippen molar-refractivity contribution in [3.8, 4) is 0 Å². The van der Waals surface area contributed by atoms with Crippen LogP contribution in [0.5, 0.6) is 0 Å². The van der Waals surface area contributed by atoms with Crippen LogP contribution in [0.15, 0.2) is 52.4 Å². The second-order valence-corrected chi connectivity index (χ2v) is 10.5. The van der Waals surface area contributed by atoms with Gasteiger partial charge in [-0.15, -0.1) is 0 Å². The molecule has 0 amide bonds. The molecule has 0 spiro atoms. The molecule has 7 nitrogen and oxygen atoms in total. The average Bonchev–Trinajstić information content (AvgIpc) is 3.18. The Morgan fingerprint density at radius 2 is 1.60 bits per heavy atom. The van der Waals surface area contributed by atoms with Crippen LogP contribution in [0.25, 0.3) is 10.9 Å². The summed E-state index contributed by atoms with van der Waals surface area (Å²) in [6.45, 7) is 9.51. The molecule has 1 aliphatic rings. The maximum atomic E-state index is 13.4. The smallest absolute Gasteiger partial charge is 0.399 e. The van der Waals surface area contributed by atoms with E-state index in [1.165, 1.54) is 10.8 Å². The Labute approximate surface area is 176 Å². The van der Waals surface area contributed by atoms with Gasteiger partial charge in [-0.3, -0.25) is 4.79 Å². The molecule has 0 N–H and O–H groups in total. The Bertz CT molecular complexity index is 1300. The fraction of sp³-hybridized carbons (Fsp3) is 0.381. The molecule has 1 fully saturated rings. The Morgan fingerprint density at radius 3 is 2.20 bits per heavy atom. The topological polar surface area (TPSA) is 79.5 Å². The summed E-state index contributed by atoms with van der Waals surface area (Å²) in [6.07, 6.45) is 3.07.